The minimum absolute atomic E-state index is 0.0312. The van der Waals surface area contributed by atoms with E-state index in [-0.39, 0.29) is 42.5 Å². The number of aryl methyl sites for hydroxylation is 1. The van der Waals surface area contributed by atoms with Gasteiger partial charge in [0.2, 0.25) is 11.7 Å². The molecule has 3 rings (SSSR count). The van der Waals surface area contributed by atoms with Gasteiger partial charge in [0.25, 0.3) is 0 Å². The number of Topliss-reactive ketones (excluding diaryl/α,β-unsaturated/α-hetero) is 5. The Balaban J connectivity index is 1.64. The van der Waals surface area contributed by atoms with Crippen molar-refractivity contribution in [3.63, 3.8) is 0 Å². The summed E-state index contributed by atoms with van der Waals surface area (Å²) in [6.07, 6.45) is 3.37. The minimum atomic E-state index is -0.921. The molecule has 0 aliphatic carbocycles. The van der Waals surface area contributed by atoms with Gasteiger partial charge in [-0.15, -0.1) is 0 Å². The molecule has 0 aliphatic heterocycles. The van der Waals surface area contributed by atoms with Gasteiger partial charge in [-0.05, 0) is 61.9 Å². The number of ketones is 5. The molecule has 0 bridgehead atoms. The molecule has 0 saturated heterocycles. The van der Waals surface area contributed by atoms with Gasteiger partial charge in [0, 0.05) is 54.6 Å². The summed E-state index contributed by atoms with van der Waals surface area (Å²) in [5.41, 5.74) is 2.64. The molecule has 1 heterocycles. The third-order valence-electron chi connectivity index (χ3n) is 7.78. The van der Waals surface area contributed by atoms with Crippen molar-refractivity contribution in [1.29, 1.82) is 0 Å². The lowest BCUT2D eigenvalue weighted by molar-refractivity contribution is -0.141. The molecule has 0 radical (unpaired) electrons. The van der Waals surface area contributed by atoms with E-state index < -0.39 is 35.4 Å². The number of hydrogen-bond donors (Lipinski definition) is 1. The first-order valence-electron chi connectivity index (χ1n) is 14.9. The lowest BCUT2D eigenvalue weighted by atomic mass is 9.83. The molecule has 3 aromatic rings. The largest absolute Gasteiger partial charge is 0.346 e. The Labute approximate surface area is 258 Å². The summed E-state index contributed by atoms with van der Waals surface area (Å²) in [4.78, 5) is 81.2. The van der Waals surface area contributed by atoms with Crippen molar-refractivity contribution in [1.82, 2.24) is 10.3 Å². The van der Waals surface area contributed by atoms with E-state index in [1.54, 1.807) is 57.2 Å². The zero-order chi connectivity index (χ0) is 32.2. The van der Waals surface area contributed by atoms with Gasteiger partial charge in [0.1, 0.15) is 0 Å². The predicted molar refractivity (Wildman–Crippen MR) is 167 cm³/mol. The van der Waals surface area contributed by atoms with Crippen molar-refractivity contribution >= 4 is 34.8 Å². The Morgan fingerprint density at radius 3 is 2.07 bits per heavy atom. The lowest BCUT2D eigenvalue weighted by Crippen LogP contribution is -2.44. The Hall–Kier alpha value is -4.59. The molecule has 0 saturated carbocycles. The van der Waals surface area contributed by atoms with E-state index in [0.717, 1.165) is 11.1 Å². The van der Waals surface area contributed by atoms with Crippen LogP contribution in [0.5, 0.6) is 0 Å². The number of pyridine rings is 1. The number of carbonyl (C=O) groups excluding carboxylic acids is 6. The quantitative estimate of drug-likeness (QED) is 0.167. The van der Waals surface area contributed by atoms with E-state index in [9.17, 15) is 28.8 Å². The molecular weight excluding hydrogens is 556 g/mol. The molecule has 8 heteroatoms. The highest BCUT2D eigenvalue weighted by Gasteiger charge is 2.32. The maximum absolute atomic E-state index is 13.4. The second kappa shape index (κ2) is 16.3. The normalized spacial score (nSPS) is 13.0. The smallest absolute Gasteiger partial charge is 0.224 e. The topological polar surface area (TPSA) is 127 Å². The highest BCUT2D eigenvalue weighted by atomic mass is 16.2. The van der Waals surface area contributed by atoms with E-state index in [2.05, 4.69) is 10.3 Å². The highest BCUT2D eigenvalue weighted by molar-refractivity contribution is 6.38. The average molecular weight is 597 g/mol. The monoisotopic (exact) mass is 596 g/mol. The Morgan fingerprint density at radius 2 is 1.43 bits per heavy atom. The molecule has 2 aromatic carbocycles. The van der Waals surface area contributed by atoms with Crippen LogP contribution in [0.4, 0.5) is 0 Å². The standard InChI is InChI=1S/C36H40N2O6/c1-23(2)31(35(43)32(40)14-13-27-11-8-12-29(19-27)25(4)39)22-33(41)24(3)38-36(44)30(20-26-9-6-5-7-10-26)21-34(42)28-15-17-37-18-16-28/h5-12,15-19,23-24,30-31H,13-14,20-22H2,1-4H3,(H,38,44)/t24-,30+,31-/m0/s1. The van der Waals surface area contributed by atoms with E-state index >= 15 is 0 Å². The molecule has 0 spiro atoms. The van der Waals surface area contributed by atoms with Gasteiger partial charge < -0.3 is 5.32 Å². The molecule has 8 nitrogen and oxygen atoms in total. The van der Waals surface area contributed by atoms with Crippen LogP contribution in [0.2, 0.25) is 0 Å². The van der Waals surface area contributed by atoms with Crippen molar-refractivity contribution in [3.05, 3.63) is 101 Å². The molecule has 1 amide bonds. The van der Waals surface area contributed by atoms with Gasteiger partial charge in [0.05, 0.1) is 6.04 Å². The van der Waals surface area contributed by atoms with Crippen LogP contribution in [0.25, 0.3) is 0 Å². The van der Waals surface area contributed by atoms with Crippen LogP contribution in [-0.2, 0) is 32.0 Å². The van der Waals surface area contributed by atoms with Crippen molar-refractivity contribution in [2.45, 2.75) is 65.8 Å². The molecule has 230 valence electrons. The average Bonchev–Trinajstić information content (AvgIpc) is 3.02. The first-order chi connectivity index (χ1) is 21.0. The van der Waals surface area contributed by atoms with Crippen LogP contribution >= 0.6 is 0 Å². The summed E-state index contributed by atoms with van der Waals surface area (Å²) in [7, 11) is 0. The zero-order valence-corrected chi connectivity index (χ0v) is 25.7. The van der Waals surface area contributed by atoms with Gasteiger partial charge in [-0.25, -0.2) is 0 Å². The third-order valence-corrected chi connectivity index (χ3v) is 7.78. The summed E-state index contributed by atoms with van der Waals surface area (Å²) in [6, 6.07) is 18.5. The zero-order valence-electron chi connectivity index (χ0n) is 25.7. The fraction of sp³-hybridized carbons (Fsp3) is 0.361. The molecule has 0 unspecified atom stereocenters. The van der Waals surface area contributed by atoms with E-state index in [1.807, 2.05) is 30.3 Å². The van der Waals surface area contributed by atoms with Gasteiger partial charge in [-0.2, -0.15) is 0 Å². The first-order valence-corrected chi connectivity index (χ1v) is 14.9. The number of amides is 1. The molecule has 44 heavy (non-hydrogen) atoms. The van der Waals surface area contributed by atoms with Gasteiger partial charge in [-0.3, -0.25) is 33.8 Å². The molecular formula is C36H40N2O6. The fourth-order valence-electron chi connectivity index (χ4n) is 5.01. The van der Waals surface area contributed by atoms with Crippen LogP contribution in [0, 0.1) is 17.8 Å². The van der Waals surface area contributed by atoms with E-state index in [0.29, 0.717) is 24.0 Å². The van der Waals surface area contributed by atoms with Crippen LogP contribution in [-0.4, -0.2) is 45.8 Å². The van der Waals surface area contributed by atoms with Crippen LogP contribution in [0.15, 0.2) is 79.1 Å². The number of hydrogen-bond acceptors (Lipinski definition) is 7. The van der Waals surface area contributed by atoms with E-state index in [4.69, 9.17) is 0 Å². The van der Waals surface area contributed by atoms with Crippen LogP contribution in [0.1, 0.15) is 78.8 Å². The number of carbonyl (C=O) groups is 6. The SMILES string of the molecule is CC(=O)c1cccc(CCC(=O)C(=O)[C@@H](CC(=O)[C@H](C)NC(=O)[C@@H](CC(=O)c2ccncc2)Cc2ccccc2)C(C)C)c1. The van der Waals surface area contributed by atoms with Crippen molar-refractivity contribution in [3.8, 4) is 0 Å². The van der Waals surface area contributed by atoms with Crippen molar-refractivity contribution in [2.75, 3.05) is 0 Å². The summed E-state index contributed by atoms with van der Waals surface area (Å²) >= 11 is 0. The number of aromatic nitrogens is 1. The third kappa shape index (κ3) is 10.0. The van der Waals surface area contributed by atoms with Gasteiger partial charge in [0.15, 0.2) is 23.1 Å². The summed E-state index contributed by atoms with van der Waals surface area (Å²) in [5.74, 6) is -4.11. The Kier molecular flexibility index (Phi) is 12.6. The second-order valence-corrected chi connectivity index (χ2v) is 11.5. The van der Waals surface area contributed by atoms with Gasteiger partial charge in [-0.1, -0.05) is 62.4 Å². The number of rotatable bonds is 17. The predicted octanol–water partition coefficient (Wildman–Crippen LogP) is 5.22. The molecule has 0 aliphatic rings. The minimum Gasteiger partial charge on any atom is -0.346 e. The first kappa shape index (κ1) is 33.9. The summed E-state index contributed by atoms with van der Waals surface area (Å²) in [6.45, 7) is 6.58. The van der Waals surface area contributed by atoms with Crippen molar-refractivity contribution < 1.29 is 28.8 Å². The maximum atomic E-state index is 13.4. The van der Waals surface area contributed by atoms with Crippen LogP contribution in [0.3, 0.4) is 0 Å². The second-order valence-electron chi connectivity index (χ2n) is 11.5. The Morgan fingerprint density at radius 1 is 0.773 bits per heavy atom. The molecule has 1 aromatic heterocycles. The molecule has 1 N–H and O–H groups in total. The lowest BCUT2D eigenvalue weighted by Gasteiger charge is -2.23. The van der Waals surface area contributed by atoms with Crippen LogP contribution < -0.4 is 5.32 Å². The number of benzene rings is 2. The fourth-order valence-corrected chi connectivity index (χ4v) is 5.01. The molecule has 3 atom stereocenters. The summed E-state index contributed by atoms with van der Waals surface area (Å²) < 4.78 is 0. The maximum Gasteiger partial charge on any atom is 0.224 e. The van der Waals surface area contributed by atoms with Gasteiger partial charge >= 0.3 is 0 Å². The van der Waals surface area contributed by atoms with E-state index in [1.165, 1.54) is 19.3 Å². The number of nitrogens with one attached hydrogen (secondary N) is 1. The highest BCUT2D eigenvalue weighted by Crippen LogP contribution is 2.21. The number of nitrogens with zero attached hydrogens (tertiary/aromatic N) is 1. The summed E-state index contributed by atoms with van der Waals surface area (Å²) in [5, 5.41) is 2.75. The van der Waals surface area contributed by atoms with Crippen molar-refractivity contribution in [2.24, 2.45) is 17.8 Å². The Bertz CT molecular complexity index is 1480. The molecule has 0 fully saturated rings.